The van der Waals surface area contributed by atoms with Gasteiger partial charge in [-0.25, -0.2) is 4.79 Å². The maximum Gasteiger partial charge on any atom is 0.330 e. The van der Waals surface area contributed by atoms with E-state index < -0.39 is 70.2 Å². The third-order valence-electron chi connectivity index (χ3n) is 4.68. The lowest BCUT2D eigenvalue weighted by molar-refractivity contribution is -0.155. The van der Waals surface area contributed by atoms with E-state index in [4.69, 9.17) is 30.0 Å². The molecule has 0 aliphatic carbocycles. The molecule has 2 heterocycles. The average molecular weight is 517 g/mol. The van der Waals surface area contributed by atoms with Gasteiger partial charge in [-0.3, -0.25) is 28.1 Å². The van der Waals surface area contributed by atoms with E-state index in [-0.39, 0.29) is 5.02 Å². The van der Waals surface area contributed by atoms with Crippen LogP contribution in [0.3, 0.4) is 0 Å². The normalized spacial score (nSPS) is 22.3. The molecule has 0 radical (unpaired) electrons. The molecule has 0 amide bonds. The van der Waals surface area contributed by atoms with Crippen LogP contribution in [0, 0.1) is 0 Å². The van der Waals surface area contributed by atoms with E-state index in [1.54, 1.807) is 30.3 Å². The number of carbonyl (C=O) groups excluding carboxylic acids is 2. The van der Waals surface area contributed by atoms with Gasteiger partial charge in [0.15, 0.2) is 12.3 Å². The summed E-state index contributed by atoms with van der Waals surface area (Å²) in [6.45, 7) is 1.72. The molecule has 4 atom stereocenters. The SMILES string of the molecule is CC(=O)OC[C@H]1O[C@@H](n2cc(Cl)c(=O)[nH]c2=O)[C@H](OC(C)=O)[C@H]1OS(=O)(=O)Cc1ccccc1. The summed E-state index contributed by atoms with van der Waals surface area (Å²) in [7, 11) is -4.27. The van der Waals surface area contributed by atoms with E-state index in [2.05, 4.69) is 0 Å². The summed E-state index contributed by atoms with van der Waals surface area (Å²) < 4.78 is 47.8. The first-order valence-corrected chi connectivity index (χ1v) is 11.8. The van der Waals surface area contributed by atoms with Crippen molar-refractivity contribution in [1.82, 2.24) is 9.55 Å². The van der Waals surface area contributed by atoms with Gasteiger partial charge in [-0.2, -0.15) is 8.42 Å². The second-order valence-corrected chi connectivity index (χ2v) is 9.34. The van der Waals surface area contributed by atoms with Crippen molar-refractivity contribution in [2.45, 2.75) is 44.1 Å². The van der Waals surface area contributed by atoms with Crippen LogP contribution in [0.1, 0.15) is 25.6 Å². The highest BCUT2D eigenvalue weighted by atomic mass is 35.5. The fraction of sp³-hybridized carbons (Fsp3) is 0.400. The highest BCUT2D eigenvalue weighted by molar-refractivity contribution is 7.85. The van der Waals surface area contributed by atoms with Crippen LogP contribution in [-0.4, -0.2) is 54.8 Å². The number of hydrogen-bond acceptors (Lipinski definition) is 10. The Hall–Kier alpha value is -3.00. The van der Waals surface area contributed by atoms with E-state index in [1.807, 2.05) is 4.98 Å². The van der Waals surface area contributed by atoms with Crippen molar-refractivity contribution < 1.29 is 36.4 Å². The molecule has 1 saturated heterocycles. The first kappa shape index (κ1) is 25.6. The van der Waals surface area contributed by atoms with Gasteiger partial charge >= 0.3 is 17.6 Å². The summed E-state index contributed by atoms with van der Waals surface area (Å²) in [5.74, 6) is -2.03. The third kappa shape index (κ3) is 6.32. The number of esters is 2. The minimum Gasteiger partial charge on any atom is -0.463 e. The Kier molecular flexibility index (Phi) is 7.92. The zero-order valence-electron chi connectivity index (χ0n) is 18.0. The Balaban J connectivity index is 2.00. The Morgan fingerprint density at radius 3 is 2.41 bits per heavy atom. The van der Waals surface area contributed by atoms with Crippen LogP contribution >= 0.6 is 11.6 Å². The molecular weight excluding hydrogens is 496 g/mol. The molecule has 1 N–H and O–H groups in total. The number of aromatic nitrogens is 2. The quantitative estimate of drug-likeness (QED) is 0.386. The molecular formula is C20H21ClN2O10S. The lowest BCUT2D eigenvalue weighted by Gasteiger charge is -2.24. The van der Waals surface area contributed by atoms with Crippen molar-refractivity contribution in [3.8, 4) is 0 Å². The number of halogens is 1. The van der Waals surface area contributed by atoms with Gasteiger partial charge in [-0.15, -0.1) is 0 Å². The summed E-state index contributed by atoms with van der Waals surface area (Å²) in [6.07, 6.45) is -4.75. The number of aromatic amines is 1. The molecule has 184 valence electrons. The van der Waals surface area contributed by atoms with Gasteiger partial charge in [0.1, 0.15) is 29.6 Å². The van der Waals surface area contributed by atoms with Crippen LogP contribution in [-0.2, 0) is 43.9 Å². The van der Waals surface area contributed by atoms with Gasteiger partial charge in [0.25, 0.3) is 15.7 Å². The van der Waals surface area contributed by atoms with E-state index in [0.29, 0.717) is 5.56 Å². The molecule has 14 heteroatoms. The van der Waals surface area contributed by atoms with Crippen molar-refractivity contribution in [3.63, 3.8) is 0 Å². The average Bonchev–Trinajstić information content (AvgIpc) is 3.05. The second kappa shape index (κ2) is 10.5. The van der Waals surface area contributed by atoms with Crippen LogP contribution < -0.4 is 11.2 Å². The highest BCUT2D eigenvalue weighted by Gasteiger charge is 2.51. The monoisotopic (exact) mass is 516 g/mol. The van der Waals surface area contributed by atoms with Crippen molar-refractivity contribution in [2.75, 3.05) is 6.61 Å². The summed E-state index contributed by atoms with van der Waals surface area (Å²) in [5, 5.41) is -0.373. The molecule has 3 rings (SSSR count). The Morgan fingerprint density at radius 1 is 1.12 bits per heavy atom. The van der Waals surface area contributed by atoms with Crippen molar-refractivity contribution in [2.24, 2.45) is 0 Å². The molecule has 0 spiro atoms. The van der Waals surface area contributed by atoms with Crippen molar-refractivity contribution >= 4 is 33.7 Å². The van der Waals surface area contributed by atoms with Gasteiger partial charge in [-0.1, -0.05) is 41.9 Å². The minimum atomic E-state index is -4.27. The fourth-order valence-corrected chi connectivity index (χ4v) is 4.72. The number of benzene rings is 1. The van der Waals surface area contributed by atoms with E-state index >= 15 is 0 Å². The van der Waals surface area contributed by atoms with Gasteiger partial charge in [0.2, 0.25) is 0 Å². The molecule has 1 aromatic carbocycles. The standard InChI is InChI=1S/C20H21ClN2O10S/c1-11(24)30-9-15-16(33-34(28,29)10-13-6-4-3-5-7-13)17(31-12(2)25)19(32-15)23-8-14(21)18(26)22-20(23)27/h3-8,15-17,19H,9-10H2,1-2H3,(H,22,26,27)/t15-,16+,17-,19-/m1/s1. The summed E-state index contributed by atoms with van der Waals surface area (Å²) in [4.78, 5) is 49.2. The number of ether oxygens (including phenoxy) is 3. The smallest absolute Gasteiger partial charge is 0.330 e. The zero-order valence-corrected chi connectivity index (χ0v) is 19.6. The van der Waals surface area contributed by atoms with Crippen LogP contribution in [0.4, 0.5) is 0 Å². The van der Waals surface area contributed by atoms with Gasteiger partial charge in [0.05, 0.1) is 0 Å². The molecule has 1 aromatic heterocycles. The second-order valence-electron chi connectivity index (χ2n) is 7.33. The number of nitrogens with one attached hydrogen (secondary N) is 1. The first-order chi connectivity index (χ1) is 16.0. The molecule has 1 aliphatic rings. The van der Waals surface area contributed by atoms with Gasteiger partial charge < -0.3 is 14.2 Å². The predicted molar refractivity (Wildman–Crippen MR) is 116 cm³/mol. The summed E-state index contributed by atoms with van der Waals surface area (Å²) in [5.41, 5.74) is -1.39. The van der Waals surface area contributed by atoms with Crippen LogP contribution in [0.15, 0.2) is 46.1 Å². The molecule has 1 fully saturated rings. The number of carbonyl (C=O) groups is 2. The first-order valence-electron chi connectivity index (χ1n) is 9.89. The molecule has 12 nitrogen and oxygen atoms in total. The Labute approximate surface area is 198 Å². The van der Waals surface area contributed by atoms with E-state index in [9.17, 15) is 27.6 Å². The highest BCUT2D eigenvalue weighted by Crippen LogP contribution is 2.35. The predicted octanol–water partition coefficient (Wildman–Crippen LogP) is 0.497. The van der Waals surface area contributed by atoms with Crippen LogP contribution in [0.2, 0.25) is 5.02 Å². The lowest BCUT2D eigenvalue weighted by Crippen LogP contribution is -2.43. The maximum atomic E-state index is 12.8. The van der Waals surface area contributed by atoms with Crippen LogP contribution in [0.5, 0.6) is 0 Å². The third-order valence-corrected chi connectivity index (χ3v) is 6.15. The Morgan fingerprint density at radius 2 is 1.79 bits per heavy atom. The number of hydrogen-bond donors (Lipinski definition) is 1. The minimum absolute atomic E-state index is 0.373. The van der Waals surface area contributed by atoms with Crippen LogP contribution in [0.25, 0.3) is 0 Å². The number of H-pyrrole nitrogens is 1. The Bertz CT molecular complexity index is 1270. The molecule has 0 saturated carbocycles. The number of nitrogens with zero attached hydrogens (tertiary/aromatic N) is 1. The van der Waals surface area contributed by atoms with Crippen molar-refractivity contribution in [1.29, 1.82) is 0 Å². The van der Waals surface area contributed by atoms with Gasteiger partial charge in [-0.05, 0) is 5.56 Å². The molecule has 1 aliphatic heterocycles. The summed E-state index contributed by atoms with van der Waals surface area (Å²) in [6, 6.07) is 8.17. The molecule has 34 heavy (non-hydrogen) atoms. The van der Waals surface area contributed by atoms with Gasteiger partial charge in [0, 0.05) is 20.0 Å². The maximum absolute atomic E-state index is 12.8. The zero-order chi connectivity index (χ0) is 25.0. The van der Waals surface area contributed by atoms with E-state index in [1.165, 1.54) is 0 Å². The van der Waals surface area contributed by atoms with E-state index in [0.717, 1.165) is 24.6 Å². The summed E-state index contributed by atoms with van der Waals surface area (Å²) >= 11 is 5.83. The largest absolute Gasteiger partial charge is 0.463 e. The van der Waals surface area contributed by atoms with Crippen molar-refractivity contribution in [3.05, 3.63) is 68.0 Å². The molecule has 2 aromatic rings. The number of rotatable bonds is 8. The molecule has 0 unspecified atom stereocenters. The topological polar surface area (TPSA) is 160 Å². The fourth-order valence-electron chi connectivity index (χ4n) is 3.33. The molecule has 0 bridgehead atoms. The lowest BCUT2D eigenvalue weighted by atomic mass is 10.1.